The molecular weight excluding hydrogens is 552 g/mol. The summed E-state index contributed by atoms with van der Waals surface area (Å²) in [5, 5.41) is 11.9. The molecule has 1 aliphatic heterocycles. The molecule has 0 radical (unpaired) electrons. The number of ether oxygens (including phenoxy) is 3. The summed E-state index contributed by atoms with van der Waals surface area (Å²) >= 11 is 1.29. The van der Waals surface area contributed by atoms with Gasteiger partial charge in [0.15, 0.2) is 5.13 Å². The van der Waals surface area contributed by atoms with Crippen LogP contribution in [0.2, 0.25) is 0 Å². The van der Waals surface area contributed by atoms with Gasteiger partial charge in [-0.3, -0.25) is 14.5 Å². The maximum absolute atomic E-state index is 13.7. The van der Waals surface area contributed by atoms with Crippen molar-refractivity contribution >= 4 is 44.1 Å². The number of ketones is 1. The smallest absolute Gasteiger partial charge is 0.301 e. The zero-order chi connectivity index (χ0) is 29.6. The molecule has 1 saturated heterocycles. The predicted octanol–water partition coefficient (Wildman–Crippen LogP) is 7.29. The van der Waals surface area contributed by atoms with Crippen molar-refractivity contribution in [2.24, 2.45) is 0 Å². The van der Waals surface area contributed by atoms with Crippen LogP contribution in [0.25, 0.3) is 16.0 Å². The molecule has 0 saturated carbocycles. The van der Waals surface area contributed by atoms with E-state index in [0.717, 1.165) is 24.0 Å². The number of Topliss-reactive ketones (excluding diaryl/α,β-unsaturated/α-hetero) is 1. The van der Waals surface area contributed by atoms with Gasteiger partial charge < -0.3 is 19.3 Å². The van der Waals surface area contributed by atoms with Gasteiger partial charge in [-0.15, -0.1) is 0 Å². The Morgan fingerprint density at radius 2 is 1.62 bits per heavy atom. The van der Waals surface area contributed by atoms with Gasteiger partial charge in [0.2, 0.25) is 0 Å². The average Bonchev–Trinajstić information content (AvgIpc) is 3.54. The van der Waals surface area contributed by atoms with E-state index in [2.05, 4.69) is 6.92 Å². The molecule has 0 spiro atoms. The van der Waals surface area contributed by atoms with E-state index in [9.17, 15) is 14.7 Å². The van der Waals surface area contributed by atoms with E-state index in [-0.39, 0.29) is 11.3 Å². The molecule has 1 aromatic heterocycles. The number of amides is 1. The number of thiazole rings is 1. The lowest BCUT2D eigenvalue weighted by Crippen LogP contribution is -2.29. The van der Waals surface area contributed by atoms with E-state index in [4.69, 9.17) is 19.2 Å². The summed E-state index contributed by atoms with van der Waals surface area (Å²) < 4.78 is 18.0. The number of carbonyl (C=O) groups is 2. The number of carbonyl (C=O) groups excluding carboxylic acids is 2. The first-order valence-electron chi connectivity index (χ1n) is 14.3. The molecule has 1 N–H and O–H groups in total. The Balaban J connectivity index is 1.61. The molecule has 42 heavy (non-hydrogen) atoms. The molecule has 0 aliphatic carbocycles. The lowest BCUT2D eigenvalue weighted by Gasteiger charge is -2.23. The third-order valence-electron chi connectivity index (χ3n) is 6.85. The number of aliphatic hydroxyl groups excluding tert-OH is 1. The number of unbranched alkanes of at least 4 members (excludes halogenated alkanes) is 1. The molecule has 1 unspecified atom stereocenters. The van der Waals surface area contributed by atoms with Crippen molar-refractivity contribution in [3.8, 4) is 17.2 Å². The maximum atomic E-state index is 13.7. The Morgan fingerprint density at radius 1 is 0.881 bits per heavy atom. The first-order chi connectivity index (χ1) is 20.4. The summed E-state index contributed by atoms with van der Waals surface area (Å²) in [4.78, 5) is 33.4. The van der Waals surface area contributed by atoms with Crippen molar-refractivity contribution in [1.29, 1.82) is 0 Å². The fourth-order valence-electron chi connectivity index (χ4n) is 4.79. The quantitative estimate of drug-likeness (QED) is 0.0806. The minimum absolute atomic E-state index is 0.0119. The van der Waals surface area contributed by atoms with Gasteiger partial charge in [-0.1, -0.05) is 55.9 Å². The second-order valence-corrected chi connectivity index (χ2v) is 10.9. The summed E-state index contributed by atoms with van der Waals surface area (Å²) in [6.45, 7) is 7.66. The van der Waals surface area contributed by atoms with Crippen LogP contribution in [0.3, 0.4) is 0 Å². The summed E-state index contributed by atoms with van der Waals surface area (Å²) in [6.07, 6.45) is 2.75. The van der Waals surface area contributed by atoms with Crippen LogP contribution in [0.1, 0.15) is 57.2 Å². The highest BCUT2D eigenvalue weighted by Crippen LogP contribution is 2.45. The lowest BCUT2D eigenvalue weighted by molar-refractivity contribution is -0.132. The highest BCUT2D eigenvalue weighted by atomic mass is 32.1. The first-order valence-corrected chi connectivity index (χ1v) is 15.1. The van der Waals surface area contributed by atoms with E-state index < -0.39 is 17.7 Å². The number of hydrogen-bond acceptors (Lipinski definition) is 8. The third-order valence-corrected chi connectivity index (χ3v) is 7.87. The van der Waals surface area contributed by atoms with Crippen LogP contribution in [0.5, 0.6) is 17.2 Å². The highest BCUT2D eigenvalue weighted by Gasteiger charge is 2.48. The second kappa shape index (κ2) is 13.1. The summed E-state index contributed by atoms with van der Waals surface area (Å²) in [7, 11) is 0. The van der Waals surface area contributed by atoms with Gasteiger partial charge in [-0.25, -0.2) is 4.98 Å². The van der Waals surface area contributed by atoms with E-state index in [1.165, 1.54) is 16.2 Å². The summed E-state index contributed by atoms with van der Waals surface area (Å²) in [5.74, 6) is 0.142. The van der Waals surface area contributed by atoms with Crippen molar-refractivity contribution in [3.63, 3.8) is 0 Å². The van der Waals surface area contributed by atoms with Crippen LogP contribution >= 0.6 is 11.3 Å². The monoisotopic (exact) mass is 586 g/mol. The Morgan fingerprint density at radius 3 is 2.36 bits per heavy atom. The molecule has 2 heterocycles. The van der Waals surface area contributed by atoms with Crippen LogP contribution in [0, 0.1) is 0 Å². The predicted molar refractivity (Wildman–Crippen MR) is 165 cm³/mol. The third kappa shape index (κ3) is 5.97. The van der Waals surface area contributed by atoms with Crippen LogP contribution in [0.15, 0.2) is 72.3 Å². The lowest BCUT2D eigenvalue weighted by atomic mass is 9.95. The molecule has 0 bridgehead atoms. The Bertz CT molecular complexity index is 1610. The number of nitrogens with zero attached hydrogens (tertiary/aromatic N) is 2. The van der Waals surface area contributed by atoms with Crippen LogP contribution in [-0.4, -0.2) is 41.6 Å². The fourth-order valence-corrected chi connectivity index (χ4v) is 5.81. The minimum Gasteiger partial charge on any atom is -0.507 e. The molecule has 5 rings (SSSR count). The van der Waals surface area contributed by atoms with Gasteiger partial charge in [-0.05, 0) is 67.8 Å². The topological polar surface area (TPSA) is 98.2 Å². The molecule has 9 heteroatoms. The maximum Gasteiger partial charge on any atom is 0.301 e. The van der Waals surface area contributed by atoms with Gasteiger partial charge in [0.05, 0.1) is 41.7 Å². The average molecular weight is 587 g/mol. The standard InChI is InChI=1S/C33H34N2O6S/c1-4-7-18-41-24-10-8-9-22(19-24)30(36)28-29(21-11-13-23(14-12-21)40-17-5-2)35(32(38)31(28)37)33-34-26-16-15-25(39-6-3)20-27(26)42-33/h8-16,19-20,29,36H,4-7,17-18H2,1-3H3/b30-28+. The minimum atomic E-state index is -0.901. The molecule has 8 nitrogen and oxygen atoms in total. The van der Waals surface area contributed by atoms with Gasteiger partial charge in [0.1, 0.15) is 23.0 Å². The highest BCUT2D eigenvalue weighted by molar-refractivity contribution is 7.22. The Kier molecular flexibility index (Phi) is 9.07. The molecule has 4 aromatic rings. The zero-order valence-electron chi connectivity index (χ0n) is 24.0. The van der Waals surface area contributed by atoms with Gasteiger partial charge >= 0.3 is 5.91 Å². The van der Waals surface area contributed by atoms with E-state index >= 15 is 0 Å². The number of anilines is 1. The van der Waals surface area contributed by atoms with Gasteiger partial charge in [-0.2, -0.15) is 0 Å². The molecular formula is C33H34N2O6S. The largest absolute Gasteiger partial charge is 0.507 e. The Labute approximate surface area is 249 Å². The van der Waals surface area contributed by atoms with Crippen molar-refractivity contribution < 1.29 is 28.9 Å². The van der Waals surface area contributed by atoms with Gasteiger partial charge in [0.25, 0.3) is 5.78 Å². The Hall–Kier alpha value is -4.37. The van der Waals surface area contributed by atoms with Crippen LogP contribution in [-0.2, 0) is 9.59 Å². The molecule has 1 atom stereocenters. The number of benzene rings is 3. The van der Waals surface area contributed by atoms with Crippen LogP contribution in [0.4, 0.5) is 5.13 Å². The SMILES string of the molecule is CCCCOc1cccc(/C(O)=C2\C(=O)C(=O)N(c3nc4ccc(OCC)cc4s3)C2c2ccc(OCCC)cc2)c1. The molecule has 1 aliphatic rings. The first kappa shape index (κ1) is 29.1. The van der Waals surface area contributed by atoms with Crippen molar-refractivity contribution in [3.05, 3.63) is 83.4 Å². The molecule has 1 amide bonds. The van der Waals surface area contributed by atoms with Gasteiger partial charge in [0, 0.05) is 5.56 Å². The van der Waals surface area contributed by atoms with E-state index in [0.29, 0.717) is 58.8 Å². The van der Waals surface area contributed by atoms with E-state index in [1.54, 1.807) is 36.4 Å². The van der Waals surface area contributed by atoms with Crippen LogP contribution < -0.4 is 19.1 Å². The summed E-state index contributed by atoms with van der Waals surface area (Å²) in [6, 6.07) is 18.8. The normalized spacial score (nSPS) is 16.3. The van der Waals surface area contributed by atoms with Crippen molar-refractivity contribution in [1.82, 2.24) is 4.98 Å². The molecule has 3 aromatic carbocycles. The number of hydrogen-bond donors (Lipinski definition) is 1. The molecule has 1 fully saturated rings. The summed E-state index contributed by atoms with van der Waals surface area (Å²) in [5.41, 5.74) is 1.70. The van der Waals surface area contributed by atoms with Crippen molar-refractivity contribution in [2.45, 2.75) is 46.1 Å². The van der Waals surface area contributed by atoms with E-state index in [1.807, 2.05) is 44.2 Å². The second-order valence-electron chi connectivity index (χ2n) is 9.88. The number of aliphatic hydroxyl groups is 1. The molecule has 218 valence electrons. The fraction of sp³-hybridized carbons (Fsp3) is 0.303. The number of fused-ring (bicyclic) bond motifs is 1. The zero-order valence-corrected chi connectivity index (χ0v) is 24.8. The number of rotatable bonds is 12. The van der Waals surface area contributed by atoms with Crippen molar-refractivity contribution in [2.75, 3.05) is 24.7 Å². The number of aromatic nitrogens is 1.